The minimum atomic E-state index is -4.12. The van der Waals surface area contributed by atoms with Gasteiger partial charge in [-0.2, -0.15) is 0 Å². The number of rotatable bonds is 23. The van der Waals surface area contributed by atoms with E-state index in [0.717, 1.165) is 12.2 Å². The van der Waals surface area contributed by atoms with Gasteiger partial charge in [-0.3, -0.25) is 0 Å². The van der Waals surface area contributed by atoms with Gasteiger partial charge in [-0.25, -0.2) is 8.42 Å². The van der Waals surface area contributed by atoms with Crippen LogP contribution in [0.3, 0.4) is 0 Å². The normalized spacial score (nSPS) is 11.4. The minimum Gasteiger partial charge on any atom is -0.748 e. The van der Waals surface area contributed by atoms with E-state index in [4.69, 9.17) is 18.9 Å². The maximum Gasteiger partial charge on any atom is 1.00 e. The molecule has 0 unspecified atom stereocenters. The van der Waals surface area contributed by atoms with Crippen molar-refractivity contribution in [1.82, 2.24) is 0 Å². The molecule has 0 saturated heterocycles. The zero-order chi connectivity index (χ0) is 24.0. The minimum absolute atomic E-state index is 0. The largest absolute Gasteiger partial charge is 1.00 e. The number of benzene rings is 1. The van der Waals surface area contributed by atoms with Crippen molar-refractivity contribution < 1.29 is 61.5 Å². The molecule has 192 valence electrons. The molecule has 0 radical (unpaired) electrons. The van der Waals surface area contributed by atoms with Crippen LogP contribution in [0.5, 0.6) is 5.75 Å². The summed E-state index contributed by atoms with van der Waals surface area (Å²) in [5.74, 6) is 0.529. The molecule has 0 N–H and O–H groups in total. The van der Waals surface area contributed by atoms with Gasteiger partial charge in [0, 0.05) is 12.4 Å². The fourth-order valence-corrected chi connectivity index (χ4v) is 3.84. The second-order valence-corrected chi connectivity index (χ2v) is 9.69. The molecule has 0 bridgehead atoms. The Morgan fingerprint density at radius 1 is 0.676 bits per heavy atom. The van der Waals surface area contributed by atoms with Crippen LogP contribution in [0.15, 0.2) is 24.3 Å². The van der Waals surface area contributed by atoms with Gasteiger partial charge in [0.05, 0.1) is 43.2 Å². The first-order valence-corrected chi connectivity index (χ1v) is 14.0. The number of ether oxygens (including phenoxy) is 4. The van der Waals surface area contributed by atoms with Crippen LogP contribution in [0.1, 0.15) is 70.3 Å². The maximum atomic E-state index is 10.5. The van der Waals surface area contributed by atoms with Crippen molar-refractivity contribution in [2.45, 2.75) is 71.1 Å². The van der Waals surface area contributed by atoms with Gasteiger partial charge in [-0.1, -0.05) is 57.6 Å². The first-order valence-electron chi connectivity index (χ1n) is 12.4. The van der Waals surface area contributed by atoms with Gasteiger partial charge >= 0.3 is 29.6 Å². The third-order valence-corrected chi connectivity index (χ3v) is 5.95. The summed E-state index contributed by atoms with van der Waals surface area (Å²) in [4.78, 5) is 0. The Morgan fingerprint density at radius 2 is 1.21 bits per heavy atom. The number of aryl methyl sites for hydroxylation is 1. The maximum absolute atomic E-state index is 10.5. The molecular weight excluding hydrogens is 467 g/mol. The fraction of sp³-hybridized carbons (Fsp3) is 0.760. The van der Waals surface area contributed by atoms with Gasteiger partial charge in [0.15, 0.2) is 0 Å². The Bertz CT molecular complexity index is 668. The SMILES string of the molecule is CCCCCCCCCc1ccc(OCCOCCOCCOCCCCS(=O)(=O)[O-])cc1.[Na+]. The Labute approximate surface area is 229 Å². The van der Waals surface area contributed by atoms with Gasteiger partial charge in [0.2, 0.25) is 0 Å². The second-order valence-electron chi connectivity index (χ2n) is 8.17. The molecule has 0 spiro atoms. The predicted octanol–water partition coefficient (Wildman–Crippen LogP) is 1.74. The molecule has 0 aliphatic heterocycles. The van der Waals surface area contributed by atoms with Gasteiger partial charge in [0.1, 0.15) is 12.4 Å². The zero-order valence-corrected chi connectivity index (χ0v) is 24.1. The van der Waals surface area contributed by atoms with E-state index in [-0.39, 0.29) is 35.3 Å². The summed E-state index contributed by atoms with van der Waals surface area (Å²) in [5, 5.41) is 0. The number of hydrogen-bond donors (Lipinski definition) is 0. The van der Waals surface area contributed by atoms with Crippen molar-refractivity contribution in [2.75, 3.05) is 52.0 Å². The summed E-state index contributed by atoms with van der Waals surface area (Å²) in [6, 6.07) is 8.35. The summed E-state index contributed by atoms with van der Waals surface area (Å²) in [6.07, 6.45) is 11.3. The van der Waals surface area contributed by atoms with Crippen LogP contribution in [0.4, 0.5) is 0 Å². The van der Waals surface area contributed by atoms with Crippen LogP contribution in [0, 0.1) is 0 Å². The summed E-state index contributed by atoms with van der Waals surface area (Å²) in [5.41, 5.74) is 1.36. The molecule has 0 aromatic heterocycles. The summed E-state index contributed by atoms with van der Waals surface area (Å²) < 4.78 is 53.3. The smallest absolute Gasteiger partial charge is 0.748 e. The van der Waals surface area contributed by atoms with E-state index in [1.165, 1.54) is 50.5 Å². The zero-order valence-electron chi connectivity index (χ0n) is 21.3. The monoisotopic (exact) mass is 510 g/mol. The van der Waals surface area contributed by atoms with E-state index in [1.54, 1.807) is 0 Å². The van der Waals surface area contributed by atoms with E-state index in [2.05, 4.69) is 19.1 Å². The van der Waals surface area contributed by atoms with Crippen LogP contribution < -0.4 is 34.3 Å². The molecule has 0 aliphatic carbocycles. The molecule has 0 amide bonds. The molecule has 1 rings (SSSR count). The van der Waals surface area contributed by atoms with Crippen molar-refractivity contribution in [3.05, 3.63) is 29.8 Å². The third-order valence-electron chi connectivity index (χ3n) is 5.17. The van der Waals surface area contributed by atoms with Gasteiger partial charge in [-0.05, 0) is 43.4 Å². The predicted molar refractivity (Wildman–Crippen MR) is 130 cm³/mol. The molecule has 0 fully saturated rings. The Balaban J connectivity index is 0.0000109. The van der Waals surface area contributed by atoms with Crippen molar-refractivity contribution in [3.8, 4) is 5.75 Å². The molecule has 9 heteroatoms. The molecule has 1 aromatic rings. The van der Waals surface area contributed by atoms with Crippen LogP contribution in [-0.2, 0) is 30.7 Å². The van der Waals surface area contributed by atoms with Gasteiger partial charge in [-0.15, -0.1) is 0 Å². The van der Waals surface area contributed by atoms with E-state index in [1.807, 2.05) is 12.1 Å². The van der Waals surface area contributed by atoms with E-state index in [9.17, 15) is 13.0 Å². The number of hydrogen-bond acceptors (Lipinski definition) is 7. The average Bonchev–Trinajstić information content (AvgIpc) is 2.79. The molecule has 34 heavy (non-hydrogen) atoms. The molecule has 0 saturated carbocycles. The molecule has 0 aliphatic rings. The molecule has 7 nitrogen and oxygen atoms in total. The van der Waals surface area contributed by atoms with Crippen molar-refractivity contribution in [2.24, 2.45) is 0 Å². The quantitative estimate of drug-likeness (QED) is 0.126. The molecule has 0 heterocycles. The van der Waals surface area contributed by atoms with Crippen LogP contribution in [-0.4, -0.2) is 65.0 Å². The standard InChI is InChI=1S/C25H44O7S.Na/c1-2-3-4-5-6-7-8-11-24-12-14-25(15-13-24)32-22-21-31-20-19-30-18-17-29-16-9-10-23-33(26,27)28;/h12-15H,2-11,16-23H2,1H3,(H,26,27,28);/q;+1/p-1. The summed E-state index contributed by atoms with van der Waals surface area (Å²) in [7, 11) is -4.12. The first kappa shape index (κ1) is 33.8. The summed E-state index contributed by atoms with van der Waals surface area (Å²) in [6.45, 7) is 5.52. The van der Waals surface area contributed by atoms with Crippen molar-refractivity contribution >= 4 is 10.1 Å². The number of unbranched alkanes of at least 4 members (excludes halogenated alkanes) is 7. The van der Waals surface area contributed by atoms with E-state index < -0.39 is 10.1 Å². The third kappa shape index (κ3) is 22.3. The second kappa shape index (κ2) is 23.2. The average molecular weight is 511 g/mol. The fourth-order valence-electron chi connectivity index (χ4n) is 3.28. The van der Waals surface area contributed by atoms with Crippen LogP contribution >= 0.6 is 0 Å². The first-order chi connectivity index (χ1) is 16.0. The molecule has 0 atom stereocenters. The van der Waals surface area contributed by atoms with E-state index >= 15 is 0 Å². The van der Waals surface area contributed by atoms with Gasteiger partial charge in [0.25, 0.3) is 0 Å². The topological polar surface area (TPSA) is 94.1 Å². The Hall–Kier alpha value is -0.190. The Morgan fingerprint density at radius 3 is 1.79 bits per heavy atom. The van der Waals surface area contributed by atoms with Crippen molar-refractivity contribution in [3.63, 3.8) is 0 Å². The summed E-state index contributed by atoms with van der Waals surface area (Å²) >= 11 is 0. The molecule has 1 aromatic carbocycles. The van der Waals surface area contributed by atoms with Crippen molar-refractivity contribution in [1.29, 1.82) is 0 Å². The van der Waals surface area contributed by atoms with Gasteiger partial charge < -0.3 is 23.5 Å². The van der Waals surface area contributed by atoms with Crippen LogP contribution in [0.2, 0.25) is 0 Å². The van der Waals surface area contributed by atoms with Crippen LogP contribution in [0.25, 0.3) is 0 Å². The van der Waals surface area contributed by atoms with E-state index in [0.29, 0.717) is 59.1 Å². The Kier molecular flexibility index (Phi) is 23.1. The molecular formula is C25H43NaO7S.